The molecule has 0 bridgehead atoms. The van der Waals surface area contributed by atoms with Crippen LogP contribution in [0.5, 0.6) is 5.75 Å². The normalized spacial score (nSPS) is 26.1. The molecule has 1 aliphatic carbocycles. The number of nitrogens with one attached hydrogen (secondary N) is 1. The Morgan fingerprint density at radius 1 is 1.23 bits per heavy atom. The zero-order chi connectivity index (χ0) is 28.3. The van der Waals surface area contributed by atoms with E-state index in [1.165, 1.54) is 16.4 Å². The van der Waals surface area contributed by atoms with Crippen LogP contribution in [-0.4, -0.2) is 60.9 Å². The molecule has 11 heteroatoms. The van der Waals surface area contributed by atoms with E-state index in [-0.39, 0.29) is 29.5 Å². The number of benzene rings is 1. The number of halogens is 1. The lowest BCUT2D eigenvalue weighted by Gasteiger charge is -2.34. The van der Waals surface area contributed by atoms with Crippen molar-refractivity contribution < 1.29 is 22.3 Å². The van der Waals surface area contributed by atoms with Gasteiger partial charge >= 0.3 is 10.2 Å². The van der Waals surface area contributed by atoms with Crippen LogP contribution >= 0.6 is 0 Å². The van der Waals surface area contributed by atoms with E-state index >= 15 is 0 Å². The first-order valence-electron chi connectivity index (χ1n) is 13.5. The second kappa shape index (κ2) is 9.71. The molecule has 212 valence electrons. The van der Waals surface area contributed by atoms with E-state index in [4.69, 9.17) is 15.5 Å². The quantitative estimate of drug-likeness (QED) is 0.508. The van der Waals surface area contributed by atoms with Gasteiger partial charge in [-0.25, -0.2) is 14.1 Å². The number of hydrogen-bond acceptors (Lipinski definition) is 7. The molecule has 0 radical (unpaired) electrons. The molecular formula is C28H38FN5O4S. The van der Waals surface area contributed by atoms with Gasteiger partial charge in [0.1, 0.15) is 17.4 Å². The number of hydrogen-bond donors (Lipinski definition) is 2. The number of anilines is 1. The van der Waals surface area contributed by atoms with Crippen molar-refractivity contribution in [2.45, 2.75) is 58.5 Å². The van der Waals surface area contributed by atoms with Gasteiger partial charge in [0.2, 0.25) is 0 Å². The minimum absolute atomic E-state index is 0.133. The van der Waals surface area contributed by atoms with Crippen molar-refractivity contribution in [3.05, 3.63) is 41.7 Å². The van der Waals surface area contributed by atoms with Crippen LogP contribution in [0.4, 0.5) is 10.2 Å². The predicted octanol–water partition coefficient (Wildman–Crippen LogP) is 3.55. The lowest BCUT2D eigenvalue weighted by atomic mass is 9.97. The van der Waals surface area contributed by atoms with Gasteiger partial charge in [0, 0.05) is 42.3 Å². The highest BCUT2D eigenvalue weighted by Gasteiger charge is 2.59. The molecule has 5 rings (SSSR count). The van der Waals surface area contributed by atoms with Crippen molar-refractivity contribution in [2.75, 3.05) is 31.1 Å². The van der Waals surface area contributed by atoms with Crippen molar-refractivity contribution in [1.29, 1.82) is 0 Å². The first-order valence-corrected chi connectivity index (χ1v) is 14.9. The van der Waals surface area contributed by atoms with Crippen molar-refractivity contribution in [1.82, 2.24) is 14.0 Å². The highest BCUT2D eigenvalue weighted by atomic mass is 32.2. The maximum absolute atomic E-state index is 14.5. The molecule has 2 saturated heterocycles. The number of nitrogens with two attached hydrogens (primary N) is 1. The Balaban J connectivity index is 1.49. The Bertz CT molecular complexity index is 1400. The Labute approximate surface area is 230 Å². The summed E-state index contributed by atoms with van der Waals surface area (Å²) in [5.74, 6) is 0.289. The Morgan fingerprint density at radius 2 is 1.97 bits per heavy atom. The summed E-state index contributed by atoms with van der Waals surface area (Å²) in [6, 6.07) is 7.60. The Kier molecular flexibility index (Phi) is 6.92. The highest BCUT2D eigenvalue weighted by molar-refractivity contribution is 7.87. The summed E-state index contributed by atoms with van der Waals surface area (Å²) in [7, 11) is -4.07. The van der Waals surface area contributed by atoms with E-state index in [9.17, 15) is 17.6 Å². The smallest absolute Gasteiger partial charge is 0.304 e. The number of carbonyl (C=O) groups is 1. The third-order valence-electron chi connectivity index (χ3n) is 7.93. The number of nitrogens with zero attached hydrogens (tertiary/aromatic N) is 3. The molecule has 3 fully saturated rings. The number of piperidine rings is 1. The highest BCUT2D eigenvalue weighted by Crippen LogP contribution is 2.48. The van der Waals surface area contributed by atoms with Crippen LogP contribution in [0.25, 0.3) is 11.3 Å². The van der Waals surface area contributed by atoms with Crippen molar-refractivity contribution in [2.24, 2.45) is 23.5 Å². The van der Waals surface area contributed by atoms with Crippen LogP contribution in [0.1, 0.15) is 57.8 Å². The molecule has 1 amide bonds. The van der Waals surface area contributed by atoms with E-state index in [0.717, 1.165) is 12.8 Å². The number of carbonyl (C=O) groups excluding carboxylic acids is 1. The molecule has 9 nitrogen and oxygen atoms in total. The standard InChI is InChI=1S/C28H38FN5O4S/c1-17(2)15-38-22-9-19(8-21(29)10-22)24-7-6-23(25(31-24)34-13-18(3)11-27(34,4)5)26(35)32-39(36,37)33-14-20-12-28(20,30)16-33/h6-10,17-18,20H,11-16,30H2,1-5H3,(H,32,35)/t18-,20?,28?/m0/s1. The molecule has 1 aromatic heterocycles. The van der Waals surface area contributed by atoms with E-state index in [1.54, 1.807) is 18.2 Å². The zero-order valence-electron chi connectivity index (χ0n) is 23.2. The van der Waals surface area contributed by atoms with Crippen LogP contribution in [-0.2, 0) is 10.2 Å². The second-order valence-corrected chi connectivity index (χ2v) is 14.2. The average molecular weight is 560 g/mol. The molecule has 1 saturated carbocycles. The summed E-state index contributed by atoms with van der Waals surface area (Å²) >= 11 is 0. The molecule has 2 unspecified atom stereocenters. The fourth-order valence-corrected chi connectivity index (χ4v) is 7.17. The molecule has 2 aliphatic heterocycles. The van der Waals surface area contributed by atoms with Gasteiger partial charge in [0.15, 0.2) is 0 Å². The number of fused-ring (bicyclic) bond motifs is 1. The summed E-state index contributed by atoms with van der Waals surface area (Å²) in [6.45, 7) is 11.9. The molecule has 2 aromatic rings. The molecule has 3 aliphatic rings. The molecule has 3 heterocycles. The van der Waals surface area contributed by atoms with Crippen molar-refractivity contribution >= 4 is 21.9 Å². The second-order valence-electron chi connectivity index (χ2n) is 12.5. The summed E-state index contributed by atoms with van der Waals surface area (Å²) in [6.07, 6.45) is 1.67. The number of aromatic nitrogens is 1. The monoisotopic (exact) mass is 559 g/mol. The maximum Gasteiger partial charge on any atom is 0.304 e. The Hall–Kier alpha value is -2.76. The zero-order valence-corrected chi connectivity index (χ0v) is 24.0. The van der Waals surface area contributed by atoms with Gasteiger partial charge in [0.25, 0.3) is 5.91 Å². The van der Waals surface area contributed by atoms with Crippen LogP contribution < -0.4 is 20.1 Å². The number of ether oxygens (including phenoxy) is 1. The molecule has 3 atom stereocenters. The summed E-state index contributed by atoms with van der Waals surface area (Å²) in [5.41, 5.74) is 6.48. The van der Waals surface area contributed by atoms with Crippen LogP contribution in [0.3, 0.4) is 0 Å². The lowest BCUT2D eigenvalue weighted by Crippen LogP contribution is -2.46. The minimum Gasteiger partial charge on any atom is -0.493 e. The first kappa shape index (κ1) is 27.8. The SMILES string of the molecule is CC(C)COc1cc(F)cc(-c2ccc(C(=O)NS(=O)(=O)N3CC4CC4(N)C3)c(N3C[C@@H](C)CC3(C)C)n2)c1. The largest absolute Gasteiger partial charge is 0.493 e. The maximum atomic E-state index is 14.5. The predicted molar refractivity (Wildman–Crippen MR) is 148 cm³/mol. The van der Waals surface area contributed by atoms with Crippen LogP contribution in [0.15, 0.2) is 30.3 Å². The van der Waals surface area contributed by atoms with Gasteiger partial charge in [-0.1, -0.05) is 20.8 Å². The Morgan fingerprint density at radius 3 is 2.59 bits per heavy atom. The van der Waals surface area contributed by atoms with Gasteiger partial charge in [-0.3, -0.25) is 4.79 Å². The van der Waals surface area contributed by atoms with Gasteiger partial charge < -0.3 is 15.4 Å². The summed E-state index contributed by atoms with van der Waals surface area (Å²) < 4.78 is 49.9. The van der Waals surface area contributed by atoms with E-state index in [0.29, 0.717) is 48.4 Å². The average Bonchev–Trinajstić information content (AvgIpc) is 3.19. The molecule has 39 heavy (non-hydrogen) atoms. The molecule has 0 spiro atoms. The topological polar surface area (TPSA) is 118 Å². The van der Waals surface area contributed by atoms with Crippen LogP contribution in [0, 0.1) is 23.6 Å². The molecular weight excluding hydrogens is 521 g/mol. The number of amides is 1. The van der Waals surface area contributed by atoms with Crippen LogP contribution in [0.2, 0.25) is 0 Å². The van der Waals surface area contributed by atoms with Gasteiger partial charge in [0.05, 0.1) is 17.9 Å². The van der Waals surface area contributed by atoms with Crippen molar-refractivity contribution in [3.63, 3.8) is 0 Å². The van der Waals surface area contributed by atoms with Gasteiger partial charge in [-0.15, -0.1) is 0 Å². The van der Waals surface area contributed by atoms with Crippen molar-refractivity contribution in [3.8, 4) is 17.0 Å². The fraction of sp³-hybridized carbons (Fsp3) is 0.571. The summed E-state index contributed by atoms with van der Waals surface area (Å²) in [5, 5.41) is 0. The molecule has 1 aromatic carbocycles. The summed E-state index contributed by atoms with van der Waals surface area (Å²) in [4.78, 5) is 20.3. The number of pyridine rings is 1. The van der Waals surface area contributed by atoms with E-state index in [2.05, 4.69) is 25.5 Å². The van der Waals surface area contributed by atoms with E-state index in [1.807, 2.05) is 18.7 Å². The fourth-order valence-electron chi connectivity index (χ4n) is 5.91. The van der Waals surface area contributed by atoms with E-state index < -0.39 is 27.5 Å². The lowest BCUT2D eigenvalue weighted by molar-refractivity contribution is 0.0979. The third-order valence-corrected chi connectivity index (χ3v) is 9.34. The van der Waals surface area contributed by atoms with Gasteiger partial charge in [-0.05, 0) is 68.7 Å². The first-order chi connectivity index (χ1) is 18.2. The van der Waals surface area contributed by atoms with Gasteiger partial charge in [-0.2, -0.15) is 12.7 Å². The number of rotatable bonds is 8. The minimum atomic E-state index is -4.07. The third kappa shape index (κ3) is 5.62. The molecule has 3 N–H and O–H groups in total.